The van der Waals surface area contributed by atoms with Crippen molar-refractivity contribution in [1.29, 1.82) is 0 Å². The first-order valence-corrected chi connectivity index (χ1v) is 5.56. The summed E-state index contributed by atoms with van der Waals surface area (Å²) in [6, 6.07) is 10.5. The second kappa shape index (κ2) is 5.48. The summed E-state index contributed by atoms with van der Waals surface area (Å²) in [5, 5.41) is 2.04. The van der Waals surface area contributed by atoms with Gasteiger partial charge < -0.3 is 4.74 Å². The highest BCUT2D eigenvalue weighted by Gasteiger charge is 2.14. The van der Waals surface area contributed by atoms with Crippen LogP contribution in [0.15, 0.2) is 42.5 Å². The van der Waals surface area contributed by atoms with E-state index < -0.39 is 23.4 Å². The molecular formula is C14H11F2NO2. The molecule has 0 saturated heterocycles. The van der Waals surface area contributed by atoms with Gasteiger partial charge in [-0.2, -0.15) is 0 Å². The van der Waals surface area contributed by atoms with Gasteiger partial charge in [-0.15, -0.1) is 0 Å². The molecule has 0 unspecified atom stereocenters. The van der Waals surface area contributed by atoms with Crippen molar-refractivity contribution in [3.05, 3.63) is 59.7 Å². The van der Waals surface area contributed by atoms with Crippen LogP contribution in [-0.2, 0) is 0 Å². The first-order valence-electron chi connectivity index (χ1n) is 5.56. The summed E-state index contributed by atoms with van der Waals surface area (Å²) >= 11 is 0. The van der Waals surface area contributed by atoms with Gasteiger partial charge in [0.2, 0.25) is 0 Å². The zero-order valence-corrected chi connectivity index (χ0v) is 10.1. The molecule has 2 aromatic carbocycles. The van der Waals surface area contributed by atoms with Gasteiger partial charge in [0.15, 0.2) is 0 Å². The molecule has 0 bridgehead atoms. The second-order valence-corrected chi connectivity index (χ2v) is 3.93. The Morgan fingerprint density at radius 2 is 1.68 bits per heavy atom. The van der Waals surface area contributed by atoms with Crippen molar-refractivity contribution in [2.75, 3.05) is 5.32 Å². The Labute approximate surface area is 108 Å². The molecule has 2 rings (SSSR count). The average Bonchev–Trinajstić information content (AvgIpc) is 2.35. The molecular weight excluding hydrogens is 252 g/mol. The van der Waals surface area contributed by atoms with Gasteiger partial charge in [0, 0.05) is 0 Å². The summed E-state index contributed by atoms with van der Waals surface area (Å²) in [5.74, 6) is -1.40. The lowest BCUT2D eigenvalue weighted by Crippen LogP contribution is -2.18. The standard InChI is InChI=1S/C14H11F2NO2/c1-9-7-11(15)13(12(16)8-9)17-14(18)19-10-5-3-2-4-6-10/h2-8H,1H3,(H,17,18). The van der Waals surface area contributed by atoms with E-state index in [9.17, 15) is 13.6 Å². The molecule has 0 aromatic heterocycles. The summed E-state index contributed by atoms with van der Waals surface area (Å²) in [6.45, 7) is 1.55. The van der Waals surface area contributed by atoms with Crippen LogP contribution in [0.5, 0.6) is 5.75 Å². The van der Waals surface area contributed by atoms with Gasteiger partial charge in [-0.25, -0.2) is 13.6 Å². The fourth-order valence-electron chi connectivity index (χ4n) is 1.54. The number of halogens is 2. The number of carbonyl (C=O) groups is 1. The molecule has 0 aliphatic carbocycles. The monoisotopic (exact) mass is 263 g/mol. The van der Waals surface area contributed by atoms with Gasteiger partial charge in [-0.1, -0.05) is 18.2 Å². The van der Waals surface area contributed by atoms with Gasteiger partial charge in [-0.3, -0.25) is 5.32 Å². The van der Waals surface area contributed by atoms with Gasteiger partial charge in [0.1, 0.15) is 23.1 Å². The van der Waals surface area contributed by atoms with E-state index in [1.54, 1.807) is 37.3 Å². The molecule has 3 nitrogen and oxygen atoms in total. The molecule has 98 valence electrons. The third kappa shape index (κ3) is 3.28. The number of nitrogens with one attached hydrogen (secondary N) is 1. The molecule has 0 aliphatic rings. The van der Waals surface area contributed by atoms with Crippen LogP contribution in [0.2, 0.25) is 0 Å². The van der Waals surface area contributed by atoms with Crippen molar-refractivity contribution < 1.29 is 18.3 Å². The average molecular weight is 263 g/mol. The minimum Gasteiger partial charge on any atom is -0.410 e. The van der Waals surface area contributed by atoms with Crippen molar-refractivity contribution >= 4 is 11.8 Å². The van der Waals surface area contributed by atoms with E-state index in [0.29, 0.717) is 5.56 Å². The highest BCUT2D eigenvalue weighted by Crippen LogP contribution is 2.21. The summed E-state index contributed by atoms with van der Waals surface area (Å²) in [4.78, 5) is 11.5. The molecule has 19 heavy (non-hydrogen) atoms. The third-order valence-electron chi connectivity index (χ3n) is 2.37. The van der Waals surface area contributed by atoms with Crippen molar-refractivity contribution in [3.8, 4) is 5.75 Å². The van der Waals surface area contributed by atoms with Crippen molar-refractivity contribution in [2.24, 2.45) is 0 Å². The molecule has 0 heterocycles. The lowest BCUT2D eigenvalue weighted by molar-refractivity contribution is 0.215. The van der Waals surface area contributed by atoms with Gasteiger partial charge >= 0.3 is 6.09 Å². The zero-order chi connectivity index (χ0) is 13.8. The van der Waals surface area contributed by atoms with Crippen LogP contribution in [0, 0.1) is 18.6 Å². The summed E-state index contributed by atoms with van der Waals surface area (Å²) in [7, 11) is 0. The zero-order valence-electron chi connectivity index (χ0n) is 10.1. The number of rotatable bonds is 2. The largest absolute Gasteiger partial charge is 0.417 e. The topological polar surface area (TPSA) is 38.3 Å². The van der Waals surface area contributed by atoms with Crippen LogP contribution in [0.1, 0.15) is 5.56 Å². The van der Waals surface area contributed by atoms with E-state index in [2.05, 4.69) is 0 Å². The van der Waals surface area contributed by atoms with Crippen LogP contribution in [-0.4, -0.2) is 6.09 Å². The Bertz CT molecular complexity index is 577. The molecule has 1 N–H and O–H groups in total. The van der Waals surface area contributed by atoms with Gasteiger partial charge in [0.05, 0.1) is 0 Å². The number of hydrogen-bond acceptors (Lipinski definition) is 2. The molecule has 1 amide bonds. The SMILES string of the molecule is Cc1cc(F)c(NC(=O)Oc2ccccc2)c(F)c1. The fraction of sp³-hybridized carbons (Fsp3) is 0.0714. The lowest BCUT2D eigenvalue weighted by Gasteiger charge is -2.09. The maximum absolute atomic E-state index is 13.5. The number of amides is 1. The van der Waals surface area contributed by atoms with E-state index in [0.717, 1.165) is 12.1 Å². The highest BCUT2D eigenvalue weighted by molar-refractivity contribution is 5.86. The van der Waals surface area contributed by atoms with Crippen LogP contribution in [0.3, 0.4) is 0 Å². The number of ether oxygens (including phenoxy) is 1. The Morgan fingerprint density at radius 3 is 2.26 bits per heavy atom. The molecule has 0 radical (unpaired) electrons. The highest BCUT2D eigenvalue weighted by atomic mass is 19.1. The van der Waals surface area contributed by atoms with Crippen LogP contribution in [0.4, 0.5) is 19.3 Å². The van der Waals surface area contributed by atoms with Gasteiger partial charge in [-0.05, 0) is 36.8 Å². The number of hydrogen-bond donors (Lipinski definition) is 1. The number of carbonyl (C=O) groups excluding carboxylic acids is 1. The van der Waals surface area contributed by atoms with E-state index >= 15 is 0 Å². The Balaban J connectivity index is 2.12. The van der Waals surface area contributed by atoms with E-state index in [1.807, 2.05) is 5.32 Å². The lowest BCUT2D eigenvalue weighted by atomic mass is 10.2. The Morgan fingerprint density at radius 1 is 1.11 bits per heavy atom. The van der Waals surface area contributed by atoms with E-state index in [-0.39, 0.29) is 5.75 Å². The second-order valence-electron chi connectivity index (χ2n) is 3.93. The summed E-state index contributed by atoms with van der Waals surface area (Å²) < 4.78 is 31.9. The van der Waals surface area contributed by atoms with Gasteiger partial charge in [0.25, 0.3) is 0 Å². The predicted octanol–water partition coefficient (Wildman–Crippen LogP) is 3.88. The molecule has 2 aromatic rings. The molecule has 0 spiro atoms. The van der Waals surface area contributed by atoms with Crippen LogP contribution in [0.25, 0.3) is 0 Å². The molecule has 0 fully saturated rings. The Hall–Kier alpha value is -2.43. The maximum atomic E-state index is 13.5. The number of aryl methyl sites for hydroxylation is 1. The predicted molar refractivity (Wildman–Crippen MR) is 67.2 cm³/mol. The first-order chi connectivity index (χ1) is 9.06. The van der Waals surface area contributed by atoms with Crippen molar-refractivity contribution in [1.82, 2.24) is 0 Å². The third-order valence-corrected chi connectivity index (χ3v) is 2.37. The number of benzene rings is 2. The quantitative estimate of drug-likeness (QED) is 0.892. The minimum atomic E-state index is -0.951. The molecule has 0 atom stereocenters. The smallest absolute Gasteiger partial charge is 0.410 e. The number of para-hydroxylation sites is 1. The van der Waals surface area contributed by atoms with E-state index in [4.69, 9.17) is 4.74 Å². The molecule has 0 aliphatic heterocycles. The normalized spacial score (nSPS) is 10.1. The van der Waals surface area contributed by atoms with Crippen molar-refractivity contribution in [2.45, 2.75) is 6.92 Å². The van der Waals surface area contributed by atoms with Crippen molar-refractivity contribution in [3.63, 3.8) is 0 Å². The summed E-state index contributed by atoms with van der Waals surface area (Å²) in [5.41, 5.74) is -0.0940. The maximum Gasteiger partial charge on any atom is 0.417 e. The fourth-order valence-corrected chi connectivity index (χ4v) is 1.54. The number of anilines is 1. The molecule has 5 heteroatoms. The Kier molecular flexibility index (Phi) is 3.75. The first kappa shape index (κ1) is 13.0. The summed E-state index contributed by atoms with van der Waals surface area (Å²) in [6.07, 6.45) is -0.951. The minimum absolute atomic E-state index is 0.285. The van der Waals surface area contributed by atoms with E-state index in [1.165, 1.54) is 0 Å². The van der Waals surface area contributed by atoms with Crippen LogP contribution < -0.4 is 10.1 Å². The molecule has 0 saturated carbocycles. The van der Waals surface area contributed by atoms with Crippen LogP contribution >= 0.6 is 0 Å².